The van der Waals surface area contributed by atoms with Crippen molar-refractivity contribution in [3.63, 3.8) is 0 Å². The molecule has 0 radical (unpaired) electrons. The molecule has 8 heteroatoms. The lowest BCUT2D eigenvalue weighted by atomic mass is 9.83. The molecule has 0 spiro atoms. The number of amides is 1. The standard InChI is InChI=1S/C11H11F6NO/c1-2-8(19)18-7-4-3-6(5-7)9(18,10(12,13)14)11(15,16)17/h3-4,6-7H,2,5H2,1H3/t6-,7-/m1/s1. The molecule has 0 saturated carbocycles. The number of hydrogen-bond acceptors (Lipinski definition) is 1. The van der Waals surface area contributed by atoms with E-state index in [1.54, 1.807) is 0 Å². The quantitative estimate of drug-likeness (QED) is 0.536. The summed E-state index contributed by atoms with van der Waals surface area (Å²) in [5.41, 5.74) is -4.08. The SMILES string of the molecule is CCC(=O)N1[C@@H]2C=C[C@H](C2)C1(C(F)(F)F)C(F)(F)F. The smallest absolute Gasteiger partial charge is 0.313 e. The predicted octanol–water partition coefficient (Wildman–Crippen LogP) is 3.05. The van der Waals surface area contributed by atoms with Crippen LogP contribution in [-0.4, -0.2) is 34.7 Å². The van der Waals surface area contributed by atoms with Crippen molar-refractivity contribution in [2.75, 3.05) is 0 Å². The molecule has 0 N–H and O–H groups in total. The highest BCUT2D eigenvalue weighted by atomic mass is 19.4. The lowest BCUT2D eigenvalue weighted by molar-refractivity contribution is -0.339. The number of alkyl halides is 6. The minimum atomic E-state index is -5.56. The Morgan fingerprint density at radius 3 is 2.16 bits per heavy atom. The number of carbonyl (C=O) groups excluding carboxylic acids is 1. The zero-order valence-corrected chi connectivity index (χ0v) is 9.85. The van der Waals surface area contributed by atoms with Gasteiger partial charge in [0.05, 0.1) is 6.04 Å². The van der Waals surface area contributed by atoms with Crippen molar-refractivity contribution in [1.29, 1.82) is 0 Å². The first-order valence-corrected chi connectivity index (χ1v) is 5.71. The van der Waals surface area contributed by atoms with Gasteiger partial charge in [0.15, 0.2) is 0 Å². The van der Waals surface area contributed by atoms with Crippen LogP contribution in [0.3, 0.4) is 0 Å². The molecule has 1 aliphatic heterocycles. The third-order valence-corrected chi connectivity index (χ3v) is 3.74. The van der Waals surface area contributed by atoms with Gasteiger partial charge in [-0.2, -0.15) is 26.3 Å². The third-order valence-electron chi connectivity index (χ3n) is 3.74. The van der Waals surface area contributed by atoms with Gasteiger partial charge in [0.1, 0.15) is 0 Å². The summed E-state index contributed by atoms with van der Waals surface area (Å²) in [5.74, 6) is -2.89. The number of halogens is 6. The number of nitrogens with zero attached hydrogens (tertiary/aromatic N) is 1. The van der Waals surface area contributed by atoms with Crippen LogP contribution in [0.25, 0.3) is 0 Å². The van der Waals surface area contributed by atoms with E-state index in [0.29, 0.717) is 0 Å². The molecule has 19 heavy (non-hydrogen) atoms. The Bertz CT molecular complexity index is 410. The fraction of sp³-hybridized carbons (Fsp3) is 0.727. The zero-order chi connectivity index (χ0) is 14.6. The van der Waals surface area contributed by atoms with Crippen LogP contribution in [0.1, 0.15) is 19.8 Å². The van der Waals surface area contributed by atoms with E-state index >= 15 is 0 Å². The second-order valence-corrected chi connectivity index (χ2v) is 4.67. The first kappa shape index (κ1) is 14.2. The Balaban J connectivity index is 2.64. The van der Waals surface area contributed by atoms with Crippen LogP contribution in [0.4, 0.5) is 26.3 Å². The average Bonchev–Trinajstić information content (AvgIpc) is 2.83. The topological polar surface area (TPSA) is 20.3 Å². The van der Waals surface area contributed by atoms with Crippen LogP contribution >= 0.6 is 0 Å². The summed E-state index contributed by atoms with van der Waals surface area (Å²) in [6.07, 6.45) is -9.67. The van der Waals surface area contributed by atoms with Gasteiger partial charge in [-0.1, -0.05) is 19.1 Å². The number of hydrogen-bond donors (Lipinski definition) is 0. The molecule has 1 heterocycles. The van der Waals surface area contributed by atoms with Gasteiger partial charge in [-0.15, -0.1) is 0 Å². The summed E-state index contributed by atoms with van der Waals surface area (Å²) >= 11 is 0. The molecule has 0 aromatic rings. The number of fused-ring (bicyclic) bond motifs is 2. The van der Waals surface area contributed by atoms with Crippen molar-refractivity contribution in [2.24, 2.45) is 5.92 Å². The molecule has 0 unspecified atom stereocenters. The molecule has 2 aliphatic rings. The molecular formula is C11H11F6NO. The van der Waals surface area contributed by atoms with E-state index in [9.17, 15) is 31.1 Å². The minimum Gasteiger partial charge on any atom is -0.313 e. The van der Waals surface area contributed by atoms with Gasteiger partial charge in [-0.05, 0) is 6.42 Å². The second kappa shape index (κ2) is 3.89. The predicted molar refractivity (Wildman–Crippen MR) is 53.0 cm³/mol. The van der Waals surface area contributed by atoms with Crippen molar-refractivity contribution < 1.29 is 31.1 Å². The van der Waals surface area contributed by atoms with Crippen LogP contribution in [-0.2, 0) is 4.79 Å². The van der Waals surface area contributed by atoms with Gasteiger partial charge in [-0.3, -0.25) is 4.79 Å². The van der Waals surface area contributed by atoms with E-state index in [1.165, 1.54) is 13.0 Å². The van der Waals surface area contributed by atoms with Gasteiger partial charge in [0, 0.05) is 12.3 Å². The highest BCUT2D eigenvalue weighted by Crippen LogP contribution is 2.60. The summed E-state index contributed by atoms with van der Waals surface area (Å²) in [4.78, 5) is 11.6. The minimum absolute atomic E-state index is 0.0162. The van der Waals surface area contributed by atoms with Crippen molar-refractivity contribution >= 4 is 5.91 Å². The highest BCUT2D eigenvalue weighted by Gasteiger charge is 2.81. The lowest BCUT2D eigenvalue weighted by Gasteiger charge is -2.46. The summed E-state index contributed by atoms with van der Waals surface area (Å²) in [6.45, 7) is 1.25. The van der Waals surface area contributed by atoms with Crippen LogP contribution in [0, 0.1) is 5.92 Å². The maximum atomic E-state index is 13.2. The van der Waals surface area contributed by atoms with Crippen molar-refractivity contribution in [2.45, 2.75) is 43.7 Å². The normalized spacial score (nSPS) is 29.1. The Kier molecular flexibility index (Phi) is 2.91. The Labute approximate surface area is 105 Å². The van der Waals surface area contributed by atoms with Crippen molar-refractivity contribution in [3.05, 3.63) is 12.2 Å². The molecule has 2 rings (SSSR count). The fourth-order valence-corrected chi connectivity index (χ4v) is 3.03. The number of likely N-dealkylation sites (tertiary alicyclic amines) is 1. The summed E-state index contributed by atoms with van der Waals surface area (Å²) in [5, 5.41) is 0. The molecule has 2 nitrogen and oxygen atoms in total. The number of rotatable bonds is 1. The van der Waals surface area contributed by atoms with Gasteiger partial charge in [-0.25, -0.2) is 0 Å². The van der Waals surface area contributed by atoms with E-state index in [4.69, 9.17) is 0 Å². The first-order chi connectivity index (χ1) is 8.57. The monoisotopic (exact) mass is 287 g/mol. The van der Waals surface area contributed by atoms with Gasteiger partial charge in [0.25, 0.3) is 0 Å². The van der Waals surface area contributed by atoms with Crippen molar-refractivity contribution in [3.8, 4) is 0 Å². The summed E-state index contributed by atoms with van der Waals surface area (Å²) in [7, 11) is 0. The summed E-state index contributed by atoms with van der Waals surface area (Å²) < 4.78 is 79.0. The van der Waals surface area contributed by atoms with Crippen LogP contribution in [0.5, 0.6) is 0 Å². The van der Waals surface area contributed by atoms with Gasteiger partial charge >= 0.3 is 12.4 Å². The maximum absolute atomic E-state index is 13.2. The second-order valence-electron chi connectivity index (χ2n) is 4.67. The molecule has 1 amide bonds. The largest absolute Gasteiger partial charge is 0.421 e. The van der Waals surface area contributed by atoms with Gasteiger partial charge < -0.3 is 4.90 Å². The molecule has 1 saturated heterocycles. The molecule has 1 fully saturated rings. The lowest BCUT2D eigenvalue weighted by Crippen LogP contribution is -2.70. The van der Waals surface area contributed by atoms with E-state index in [0.717, 1.165) is 6.08 Å². The molecule has 1 aliphatic carbocycles. The molecule has 2 bridgehead atoms. The molecule has 0 aromatic heterocycles. The zero-order valence-electron chi connectivity index (χ0n) is 9.85. The third kappa shape index (κ3) is 1.61. The Hall–Kier alpha value is -1.21. The molecule has 2 atom stereocenters. The van der Waals surface area contributed by atoms with E-state index in [-0.39, 0.29) is 11.3 Å². The Morgan fingerprint density at radius 2 is 1.74 bits per heavy atom. The Morgan fingerprint density at radius 1 is 1.21 bits per heavy atom. The van der Waals surface area contributed by atoms with E-state index < -0.39 is 42.2 Å². The maximum Gasteiger partial charge on any atom is 0.421 e. The number of carbonyl (C=O) groups is 1. The van der Waals surface area contributed by atoms with E-state index in [2.05, 4.69) is 0 Å². The van der Waals surface area contributed by atoms with Crippen LogP contribution in [0.15, 0.2) is 12.2 Å². The fourth-order valence-electron chi connectivity index (χ4n) is 3.03. The summed E-state index contributed by atoms with van der Waals surface area (Å²) in [6, 6.07) is -1.12. The molecule has 108 valence electrons. The average molecular weight is 287 g/mol. The van der Waals surface area contributed by atoms with E-state index in [1.807, 2.05) is 0 Å². The van der Waals surface area contributed by atoms with Crippen LogP contribution < -0.4 is 0 Å². The highest BCUT2D eigenvalue weighted by molar-refractivity contribution is 5.79. The van der Waals surface area contributed by atoms with Crippen molar-refractivity contribution in [1.82, 2.24) is 4.90 Å². The van der Waals surface area contributed by atoms with Gasteiger partial charge in [0.2, 0.25) is 11.4 Å². The molecular weight excluding hydrogens is 276 g/mol. The van der Waals surface area contributed by atoms with Crippen LogP contribution in [0.2, 0.25) is 0 Å². The first-order valence-electron chi connectivity index (χ1n) is 5.71. The molecule has 0 aromatic carbocycles.